The number of carbonyl (C=O) groups is 1. The van der Waals surface area contributed by atoms with Gasteiger partial charge in [0.25, 0.3) is 5.91 Å². The van der Waals surface area contributed by atoms with Crippen molar-refractivity contribution in [1.29, 1.82) is 0 Å². The molecule has 1 N–H and O–H groups in total. The number of amides is 1. The number of carbonyl (C=O) groups excluding carboxylic acids is 1. The second-order valence-electron chi connectivity index (χ2n) is 6.47. The molecule has 1 heterocycles. The van der Waals surface area contributed by atoms with Crippen molar-refractivity contribution in [2.75, 3.05) is 40.9 Å². The first-order chi connectivity index (χ1) is 15.0. The van der Waals surface area contributed by atoms with Gasteiger partial charge in [-0.15, -0.1) is 0 Å². The number of benzene rings is 2. The predicted molar refractivity (Wildman–Crippen MR) is 115 cm³/mol. The van der Waals surface area contributed by atoms with Crippen molar-refractivity contribution >= 4 is 11.6 Å². The summed E-state index contributed by atoms with van der Waals surface area (Å²) in [5.74, 6) is 3.23. The molecule has 8 heteroatoms. The Hall–Kier alpha value is -3.81. The number of rotatable bonds is 9. The lowest BCUT2D eigenvalue weighted by molar-refractivity contribution is 0.0994. The van der Waals surface area contributed by atoms with Crippen LogP contribution >= 0.6 is 0 Å². The molecule has 0 aliphatic rings. The van der Waals surface area contributed by atoms with Crippen LogP contribution in [-0.2, 0) is 6.42 Å². The Labute approximate surface area is 180 Å². The van der Waals surface area contributed by atoms with Crippen LogP contribution in [0.4, 0.5) is 5.69 Å². The van der Waals surface area contributed by atoms with Crippen LogP contribution in [0.25, 0.3) is 0 Å². The van der Waals surface area contributed by atoms with Crippen molar-refractivity contribution in [1.82, 2.24) is 0 Å². The molecule has 0 unspecified atom stereocenters. The summed E-state index contributed by atoms with van der Waals surface area (Å²) in [6, 6.07) is 12.0. The van der Waals surface area contributed by atoms with Crippen molar-refractivity contribution in [3.05, 3.63) is 59.5 Å². The molecule has 0 saturated heterocycles. The Morgan fingerprint density at radius 2 is 1.42 bits per heavy atom. The molecule has 0 aliphatic carbocycles. The van der Waals surface area contributed by atoms with Crippen LogP contribution < -0.4 is 29.0 Å². The largest absolute Gasteiger partial charge is 0.497 e. The summed E-state index contributed by atoms with van der Waals surface area (Å²) in [7, 11) is 7.79. The van der Waals surface area contributed by atoms with Gasteiger partial charge in [-0.2, -0.15) is 0 Å². The fourth-order valence-corrected chi connectivity index (χ4v) is 3.12. The van der Waals surface area contributed by atoms with Crippen LogP contribution in [0.2, 0.25) is 0 Å². The number of hydrogen-bond acceptors (Lipinski definition) is 7. The molecule has 164 valence electrons. The standard InChI is InChI=1S/C23H25NO7/c1-26-14-6-8-19(28-3)18(11-14)24-23(25)20-9-7-15(31-20)10-17-21(29-4)12-16(27-2)13-22(17)30-5/h6-9,11-13H,10H2,1-5H3,(H,24,25). The van der Waals surface area contributed by atoms with Gasteiger partial charge in [-0.1, -0.05) is 0 Å². The van der Waals surface area contributed by atoms with Crippen LogP contribution in [0.5, 0.6) is 28.7 Å². The highest BCUT2D eigenvalue weighted by atomic mass is 16.5. The van der Waals surface area contributed by atoms with E-state index in [2.05, 4.69) is 5.32 Å². The molecule has 0 saturated carbocycles. The van der Waals surface area contributed by atoms with Crippen LogP contribution in [0.3, 0.4) is 0 Å². The number of hydrogen-bond donors (Lipinski definition) is 1. The van der Waals surface area contributed by atoms with Gasteiger partial charge in [-0.05, 0) is 24.3 Å². The zero-order valence-corrected chi connectivity index (χ0v) is 18.1. The summed E-state index contributed by atoms with van der Waals surface area (Å²) in [5, 5.41) is 2.79. The van der Waals surface area contributed by atoms with E-state index >= 15 is 0 Å². The van der Waals surface area contributed by atoms with E-state index in [9.17, 15) is 4.79 Å². The Morgan fingerprint density at radius 1 is 0.774 bits per heavy atom. The number of ether oxygens (including phenoxy) is 5. The van der Waals surface area contributed by atoms with Gasteiger partial charge in [-0.25, -0.2) is 0 Å². The summed E-state index contributed by atoms with van der Waals surface area (Å²) in [4.78, 5) is 12.7. The Morgan fingerprint density at radius 3 is 2.00 bits per heavy atom. The molecule has 3 rings (SSSR count). The molecule has 0 spiro atoms. The minimum absolute atomic E-state index is 0.159. The monoisotopic (exact) mass is 427 g/mol. The van der Waals surface area contributed by atoms with Crippen LogP contribution in [-0.4, -0.2) is 41.5 Å². The van der Waals surface area contributed by atoms with Crippen LogP contribution in [0.15, 0.2) is 46.9 Å². The highest BCUT2D eigenvalue weighted by Gasteiger charge is 2.18. The van der Waals surface area contributed by atoms with Gasteiger partial charge in [0.2, 0.25) is 0 Å². The van der Waals surface area contributed by atoms with E-state index in [1.54, 1.807) is 70.9 Å². The first-order valence-electron chi connectivity index (χ1n) is 9.43. The lowest BCUT2D eigenvalue weighted by atomic mass is 10.1. The number of methoxy groups -OCH3 is 5. The molecule has 0 bridgehead atoms. The molecule has 0 fully saturated rings. The molecule has 3 aromatic rings. The third kappa shape index (κ3) is 4.85. The quantitative estimate of drug-likeness (QED) is 0.548. The summed E-state index contributed by atoms with van der Waals surface area (Å²) in [5.41, 5.74) is 1.25. The first kappa shape index (κ1) is 21.9. The highest BCUT2D eigenvalue weighted by molar-refractivity contribution is 6.03. The maximum atomic E-state index is 12.7. The maximum absolute atomic E-state index is 12.7. The summed E-state index contributed by atoms with van der Waals surface area (Å²) in [6.07, 6.45) is 0.367. The average Bonchev–Trinajstić information content (AvgIpc) is 3.27. The van der Waals surface area contributed by atoms with Gasteiger partial charge >= 0.3 is 0 Å². The van der Waals surface area contributed by atoms with Gasteiger partial charge in [0.05, 0.1) is 41.2 Å². The van der Waals surface area contributed by atoms with Crippen molar-refractivity contribution in [2.45, 2.75) is 6.42 Å². The van der Waals surface area contributed by atoms with Gasteiger partial charge in [-0.3, -0.25) is 4.79 Å². The molecule has 2 aromatic carbocycles. The first-order valence-corrected chi connectivity index (χ1v) is 9.43. The topological polar surface area (TPSA) is 88.4 Å². The minimum atomic E-state index is -0.411. The Balaban J connectivity index is 1.82. The zero-order valence-electron chi connectivity index (χ0n) is 18.1. The minimum Gasteiger partial charge on any atom is -0.497 e. The second kappa shape index (κ2) is 9.80. The van der Waals surface area contributed by atoms with Gasteiger partial charge in [0.15, 0.2) is 5.76 Å². The summed E-state index contributed by atoms with van der Waals surface area (Å²) in [6.45, 7) is 0. The molecule has 31 heavy (non-hydrogen) atoms. The van der Waals surface area contributed by atoms with E-state index in [1.807, 2.05) is 0 Å². The van der Waals surface area contributed by atoms with Crippen molar-refractivity contribution < 1.29 is 32.9 Å². The average molecular weight is 427 g/mol. The third-order valence-corrected chi connectivity index (χ3v) is 4.71. The molecular weight excluding hydrogens is 402 g/mol. The van der Waals surface area contributed by atoms with E-state index < -0.39 is 5.91 Å². The Kier molecular flexibility index (Phi) is 6.92. The smallest absolute Gasteiger partial charge is 0.291 e. The second-order valence-corrected chi connectivity index (χ2v) is 6.47. The lowest BCUT2D eigenvalue weighted by Crippen LogP contribution is -2.12. The highest BCUT2D eigenvalue weighted by Crippen LogP contribution is 2.36. The van der Waals surface area contributed by atoms with Crippen molar-refractivity contribution in [2.24, 2.45) is 0 Å². The fourth-order valence-electron chi connectivity index (χ4n) is 3.12. The molecule has 1 aromatic heterocycles. The van der Waals surface area contributed by atoms with E-state index in [0.717, 1.165) is 5.56 Å². The normalized spacial score (nSPS) is 10.4. The number of furan rings is 1. The molecule has 8 nitrogen and oxygen atoms in total. The van der Waals surface area contributed by atoms with Gasteiger partial charge in [0, 0.05) is 30.2 Å². The van der Waals surface area contributed by atoms with E-state index in [-0.39, 0.29) is 5.76 Å². The fraction of sp³-hybridized carbons (Fsp3) is 0.261. The molecule has 1 amide bonds. The summed E-state index contributed by atoms with van der Waals surface area (Å²) >= 11 is 0. The van der Waals surface area contributed by atoms with E-state index in [1.165, 1.54) is 7.11 Å². The SMILES string of the molecule is COc1ccc(OC)c(NC(=O)c2ccc(Cc3c(OC)cc(OC)cc3OC)o2)c1. The molecule has 0 atom stereocenters. The molecular formula is C23H25NO7. The number of nitrogens with one attached hydrogen (secondary N) is 1. The maximum Gasteiger partial charge on any atom is 0.291 e. The summed E-state index contributed by atoms with van der Waals surface area (Å²) < 4.78 is 32.5. The molecule has 0 radical (unpaired) electrons. The van der Waals surface area contributed by atoms with E-state index in [0.29, 0.717) is 46.6 Å². The van der Waals surface area contributed by atoms with Gasteiger partial charge < -0.3 is 33.4 Å². The third-order valence-electron chi connectivity index (χ3n) is 4.71. The predicted octanol–water partition coefficient (Wildman–Crippen LogP) is 4.17. The van der Waals surface area contributed by atoms with Crippen LogP contribution in [0, 0.1) is 0 Å². The lowest BCUT2D eigenvalue weighted by Gasteiger charge is -2.14. The van der Waals surface area contributed by atoms with Crippen LogP contribution in [0.1, 0.15) is 21.9 Å². The Bertz CT molecular complexity index is 1030. The van der Waals surface area contributed by atoms with Crippen molar-refractivity contribution in [3.8, 4) is 28.7 Å². The molecule has 0 aliphatic heterocycles. The zero-order chi connectivity index (χ0) is 22.4. The number of anilines is 1. The van der Waals surface area contributed by atoms with E-state index in [4.69, 9.17) is 28.1 Å². The van der Waals surface area contributed by atoms with Gasteiger partial charge in [0.1, 0.15) is 34.5 Å². The van der Waals surface area contributed by atoms with Crippen molar-refractivity contribution in [3.63, 3.8) is 0 Å².